The molecule has 3 rings (SSSR count). The summed E-state index contributed by atoms with van der Waals surface area (Å²) in [5, 5.41) is 27.1. The lowest BCUT2D eigenvalue weighted by Gasteiger charge is -2.08. The Kier molecular flexibility index (Phi) is 3.43. The molecule has 1 aromatic heterocycles. The number of aromatic nitrogens is 2. The highest BCUT2D eigenvalue weighted by Crippen LogP contribution is 2.43. The Bertz CT molecular complexity index is 798. The summed E-state index contributed by atoms with van der Waals surface area (Å²) in [6, 6.07) is 13.0. The Labute approximate surface area is 130 Å². The normalized spacial score (nSPS) is 10.8. The van der Waals surface area contributed by atoms with Crippen LogP contribution >= 0.6 is 15.9 Å². The van der Waals surface area contributed by atoms with Crippen LogP contribution in [0.1, 0.15) is 5.69 Å². The van der Waals surface area contributed by atoms with Crippen molar-refractivity contribution >= 4 is 15.9 Å². The highest BCUT2D eigenvalue weighted by Gasteiger charge is 2.19. The average Bonchev–Trinajstić information content (AvgIpc) is 2.87. The fourth-order valence-electron chi connectivity index (χ4n) is 2.33. The zero-order chi connectivity index (χ0) is 15.0. The van der Waals surface area contributed by atoms with Crippen LogP contribution in [0.2, 0.25) is 0 Å². The number of hydrogen-bond acceptors (Lipinski definition) is 3. The highest BCUT2D eigenvalue weighted by molar-refractivity contribution is 9.10. The predicted molar refractivity (Wildman–Crippen MR) is 85.2 cm³/mol. The van der Waals surface area contributed by atoms with Gasteiger partial charge in [-0.15, -0.1) is 0 Å². The first kappa shape index (κ1) is 13.7. The Morgan fingerprint density at radius 2 is 1.76 bits per heavy atom. The highest BCUT2D eigenvalue weighted by atomic mass is 79.9. The second-order valence-corrected chi connectivity index (χ2v) is 5.53. The third-order valence-electron chi connectivity index (χ3n) is 3.36. The molecule has 0 spiro atoms. The standard InChI is InChI=1S/C16H13BrN2O2/c1-9-13(10-5-3-2-4-6-10)15(19-18-9)11-7-8-12(20)14(17)16(11)21/h2-8,20-21H,1H3,(H,18,19). The first-order chi connectivity index (χ1) is 10.1. The van der Waals surface area contributed by atoms with E-state index < -0.39 is 0 Å². The fraction of sp³-hybridized carbons (Fsp3) is 0.0625. The molecule has 3 aromatic rings. The van der Waals surface area contributed by atoms with Gasteiger partial charge in [0, 0.05) is 16.8 Å². The monoisotopic (exact) mass is 344 g/mol. The van der Waals surface area contributed by atoms with Crippen molar-refractivity contribution in [2.75, 3.05) is 0 Å². The maximum Gasteiger partial charge on any atom is 0.143 e. The van der Waals surface area contributed by atoms with E-state index in [9.17, 15) is 10.2 Å². The first-order valence-corrected chi connectivity index (χ1v) is 7.20. The number of phenolic OH excluding ortho intramolecular Hbond substituents is 2. The minimum Gasteiger partial charge on any atom is -0.507 e. The van der Waals surface area contributed by atoms with Gasteiger partial charge in [-0.25, -0.2) is 0 Å². The summed E-state index contributed by atoms with van der Waals surface area (Å²) in [5.74, 6) is -0.0385. The number of benzene rings is 2. The molecule has 3 N–H and O–H groups in total. The van der Waals surface area contributed by atoms with Crippen molar-refractivity contribution in [2.45, 2.75) is 6.92 Å². The number of nitrogens with zero attached hydrogens (tertiary/aromatic N) is 1. The van der Waals surface area contributed by atoms with Gasteiger partial charge in [0.25, 0.3) is 0 Å². The maximum absolute atomic E-state index is 10.3. The lowest BCUT2D eigenvalue weighted by atomic mass is 9.99. The second-order valence-electron chi connectivity index (χ2n) is 4.73. The molecule has 0 atom stereocenters. The third-order valence-corrected chi connectivity index (χ3v) is 4.14. The number of hydrogen-bond donors (Lipinski definition) is 3. The lowest BCUT2D eigenvalue weighted by molar-refractivity contribution is 0.445. The minimum absolute atomic E-state index is 0.00947. The van der Waals surface area contributed by atoms with Gasteiger partial charge < -0.3 is 10.2 Å². The number of phenols is 2. The van der Waals surface area contributed by atoms with Crippen molar-refractivity contribution in [2.24, 2.45) is 0 Å². The molecule has 0 amide bonds. The minimum atomic E-state index is -0.0290. The van der Waals surface area contributed by atoms with Gasteiger partial charge in [-0.2, -0.15) is 5.10 Å². The second kappa shape index (κ2) is 5.26. The van der Waals surface area contributed by atoms with Crippen molar-refractivity contribution in [1.82, 2.24) is 10.2 Å². The average molecular weight is 345 g/mol. The van der Waals surface area contributed by atoms with Crippen LogP contribution in [0.3, 0.4) is 0 Å². The molecule has 21 heavy (non-hydrogen) atoms. The van der Waals surface area contributed by atoms with Crippen molar-refractivity contribution in [3.63, 3.8) is 0 Å². The molecule has 0 bridgehead atoms. The summed E-state index contributed by atoms with van der Waals surface area (Å²) in [5.41, 5.74) is 4.07. The fourth-order valence-corrected chi connectivity index (χ4v) is 2.67. The molecule has 0 saturated heterocycles. The van der Waals surface area contributed by atoms with E-state index in [1.807, 2.05) is 37.3 Å². The molecule has 0 aliphatic carbocycles. The van der Waals surface area contributed by atoms with Gasteiger partial charge in [0.15, 0.2) is 0 Å². The van der Waals surface area contributed by atoms with Gasteiger partial charge in [0.2, 0.25) is 0 Å². The summed E-state index contributed by atoms with van der Waals surface area (Å²) in [6.45, 7) is 1.94. The molecular weight excluding hydrogens is 332 g/mol. The van der Waals surface area contributed by atoms with Crippen molar-refractivity contribution in [1.29, 1.82) is 0 Å². The molecule has 0 saturated carbocycles. The number of aromatic hydroxyl groups is 2. The largest absolute Gasteiger partial charge is 0.507 e. The summed E-state index contributed by atoms with van der Waals surface area (Å²) >= 11 is 3.18. The van der Waals surface area contributed by atoms with Gasteiger partial charge in [0.1, 0.15) is 21.7 Å². The van der Waals surface area contributed by atoms with E-state index in [1.54, 1.807) is 6.07 Å². The Balaban J connectivity index is 2.24. The lowest BCUT2D eigenvalue weighted by Crippen LogP contribution is -1.86. The molecule has 2 aromatic carbocycles. The molecule has 0 radical (unpaired) electrons. The van der Waals surface area contributed by atoms with E-state index in [4.69, 9.17) is 0 Å². The summed E-state index contributed by atoms with van der Waals surface area (Å²) in [7, 11) is 0. The smallest absolute Gasteiger partial charge is 0.143 e. The Morgan fingerprint density at radius 1 is 1.05 bits per heavy atom. The van der Waals surface area contributed by atoms with Crippen LogP contribution in [0.4, 0.5) is 0 Å². The molecule has 106 valence electrons. The van der Waals surface area contributed by atoms with E-state index in [-0.39, 0.29) is 16.0 Å². The van der Waals surface area contributed by atoms with Crippen molar-refractivity contribution < 1.29 is 10.2 Å². The van der Waals surface area contributed by atoms with E-state index in [2.05, 4.69) is 26.1 Å². The maximum atomic E-state index is 10.3. The van der Waals surface area contributed by atoms with E-state index in [1.165, 1.54) is 6.07 Å². The number of halogens is 1. The van der Waals surface area contributed by atoms with Crippen LogP contribution in [0.15, 0.2) is 46.9 Å². The van der Waals surface area contributed by atoms with E-state index in [0.717, 1.165) is 16.8 Å². The number of H-pyrrole nitrogens is 1. The van der Waals surface area contributed by atoms with Crippen molar-refractivity contribution in [3.8, 4) is 33.9 Å². The van der Waals surface area contributed by atoms with Gasteiger partial charge >= 0.3 is 0 Å². The zero-order valence-corrected chi connectivity index (χ0v) is 12.8. The number of aromatic amines is 1. The molecule has 5 heteroatoms. The Hall–Kier alpha value is -2.27. The molecule has 1 heterocycles. The molecule has 0 aliphatic heterocycles. The van der Waals surface area contributed by atoms with Crippen LogP contribution in [0.5, 0.6) is 11.5 Å². The van der Waals surface area contributed by atoms with Crippen LogP contribution in [-0.2, 0) is 0 Å². The van der Waals surface area contributed by atoms with Crippen molar-refractivity contribution in [3.05, 3.63) is 52.6 Å². The Morgan fingerprint density at radius 3 is 2.48 bits per heavy atom. The zero-order valence-electron chi connectivity index (χ0n) is 11.3. The summed E-state index contributed by atoms with van der Waals surface area (Å²) in [6.07, 6.45) is 0. The molecule has 0 fully saturated rings. The topological polar surface area (TPSA) is 69.1 Å². The van der Waals surface area contributed by atoms with Gasteiger partial charge in [-0.1, -0.05) is 30.3 Å². The van der Waals surface area contributed by atoms with Crippen LogP contribution < -0.4 is 0 Å². The number of aryl methyl sites for hydroxylation is 1. The summed E-state index contributed by atoms with van der Waals surface area (Å²) in [4.78, 5) is 0. The predicted octanol–water partition coefficient (Wildman–Crippen LogP) is 4.23. The SMILES string of the molecule is Cc1[nH]nc(-c2ccc(O)c(Br)c2O)c1-c1ccccc1. The third kappa shape index (κ3) is 2.29. The van der Waals surface area contributed by atoms with Crippen LogP contribution in [-0.4, -0.2) is 20.4 Å². The van der Waals surface area contributed by atoms with E-state index >= 15 is 0 Å². The van der Waals surface area contributed by atoms with E-state index in [0.29, 0.717) is 11.3 Å². The van der Waals surface area contributed by atoms with Gasteiger partial charge in [0.05, 0.1) is 0 Å². The summed E-state index contributed by atoms with van der Waals surface area (Å²) < 4.78 is 0.264. The molecular formula is C16H13BrN2O2. The molecule has 0 aliphatic rings. The number of rotatable bonds is 2. The molecule has 0 unspecified atom stereocenters. The quantitative estimate of drug-likeness (QED) is 0.651. The van der Waals surface area contributed by atoms with Gasteiger partial charge in [-0.05, 0) is 40.5 Å². The van der Waals surface area contributed by atoms with Crippen LogP contribution in [0.25, 0.3) is 22.4 Å². The van der Waals surface area contributed by atoms with Gasteiger partial charge in [-0.3, -0.25) is 5.10 Å². The first-order valence-electron chi connectivity index (χ1n) is 6.40. The van der Waals surface area contributed by atoms with Crippen LogP contribution in [0, 0.1) is 6.92 Å². The molecule has 4 nitrogen and oxygen atoms in total. The number of nitrogens with one attached hydrogen (secondary N) is 1.